The van der Waals surface area contributed by atoms with E-state index in [-0.39, 0.29) is 6.03 Å². The Morgan fingerprint density at radius 1 is 1.38 bits per heavy atom. The zero-order valence-electron chi connectivity index (χ0n) is 5.38. The molecule has 0 aromatic heterocycles. The molecular weight excluding hydrogens is 106 g/mol. The summed E-state index contributed by atoms with van der Waals surface area (Å²) in [5.41, 5.74) is 0. The first-order chi connectivity index (χ1) is 3.55. The van der Waals surface area contributed by atoms with Crippen molar-refractivity contribution in [3.05, 3.63) is 0 Å². The second kappa shape index (κ2) is 2.52. The third kappa shape index (κ3) is 1.79. The SMILES string of the molecule is CN(C)C(=O)N(C)N. The van der Waals surface area contributed by atoms with Gasteiger partial charge >= 0.3 is 6.03 Å². The predicted molar refractivity (Wildman–Crippen MR) is 31.0 cm³/mol. The molecule has 0 unspecified atom stereocenters. The Hall–Kier alpha value is -0.770. The minimum Gasteiger partial charge on any atom is -0.330 e. The van der Waals surface area contributed by atoms with Gasteiger partial charge in [0.2, 0.25) is 0 Å². The van der Waals surface area contributed by atoms with E-state index in [4.69, 9.17) is 5.84 Å². The molecule has 0 fully saturated rings. The summed E-state index contributed by atoms with van der Waals surface area (Å²) in [5, 5.41) is 1.03. The molecule has 0 heterocycles. The van der Waals surface area contributed by atoms with Gasteiger partial charge in [-0.2, -0.15) is 0 Å². The van der Waals surface area contributed by atoms with Crippen LogP contribution in [0.25, 0.3) is 0 Å². The van der Waals surface area contributed by atoms with Crippen molar-refractivity contribution in [2.24, 2.45) is 5.84 Å². The summed E-state index contributed by atoms with van der Waals surface area (Å²) >= 11 is 0. The fourth-order valence-corrected chi connectivity index (χ4v) is 0.315. The van der Waals surface area contributed by atoms with E-state index in [2.05, 4.69) is 0 Å². The van der Waals surface area contributed by atoms with Gasteiger partial charge in [-0.1, -0.05) is 0 Å². The summed E-state index contributed by atoms with van der Waals surface area (Å²) in [7, 11) is 4.79. The van der Waals surface area contributed by atoms with Crippen molar-refractivity contribution in [1.82, 2.24) is 9.91 Å². The van der Waals surface area contributed by atoms with E-state index in [1.165, 1.54) is 11.9 Å². The smallest absolute Gasteiger partial charge is 0.330 e. The van der Waals surface area contributed by atoms with Crippen molar-refractivity contribution in [3.63, 3.8) is 0 Å². The van der Waals surface area contributed by atoms with Crippen LogP contribution in [0, 0.1) is 0 Å². The standard InChI is InChI=1S/C4H11N3O/c1-6(2)4(8)7(3)5/h5H2,1-3H3. The van der Waals surface area contributed by atoms with Crippen molar-refractivity contribution < 1.29 is 4.79 Å². The largest absolute Gasteiger partial charge is 0.333 e. The molecule has 8 heavy (non-hydrogen) atoms. The van der Waals surface area contributed by atoms with Crippen LogP contribution in [0.2, 0.25) is 0 Å². The summed E-state index contributed by atoms with van der Waals surface area (Å²) in [6, 6.07) is -0.204. The van der Waals surface area contributed by atoms with Crippen molar-refractivity contribution in [3.8, 4) is 0 Å². The Labute approximate surface area is 48.8 Å². The first kappa shape index (κ1) is 7.23. The highest BCUT2D eigenvalue weighted by molar-refractivity contribution is 5.72. The molecule has 0 saturated heterocycles. The lowest BCUT2D eigenvalue weighted by molar-refractivity contribution is 0.183. The average molecular weight is 117 g/mol. The van der Waals surface area contributed by atoms with Crippen LogP contribution in [0.1, 0.15) is 0 Å². The van der Waals surface area contributed by atoms with Gasteiger partial charge in [0.05, 0.1) is 0 Å². The van der Waals surface area contributed by atoms with Gasteiger partial charge in [0.1, 0.15) is 0 Å². The van der Waals surface area contributed by atoms with Gasteiger partial charge in [-0.15, -0.1) is 0 Å². The van der Waals surface area contributed by atoms with E-state index in [1.54, 1.807) is 14.1 Å². The van der Waals surface area contributed by atoms with Gasteiger partial charge in [0.15, 0.2) is 0 Å². The van der Waals surface area contributed by atoms with Gasteiger partial charge in [-0.25, -0.2) is 10.6 Å². The molecule has 0 aliphatic rings. The first-order valence-electron chi connectivity index (χ1n) is 2.25. The third-order valence-electron chi connectivity index (χ3n) is 0.684. The van der Waals surface area contributed by atoms with E-state index in [1.807, 2.05) is 0 Å². The number of hydrogen-bond acceptors (Lipinski definition) is 2. The maximum atomic E-state index is 10.6. The number of carbonyl (C=O) groups is 1. The summed E-state index contributed by atoms with van der Waals surface area (Å²) in [6.07, 6.45) is 0. The number of rotatable bonds is 0. The monoisotopic (exact) mass is 117 g/mol. The lowest BCUT2D eigenvalue weighted by Crippen LogP contribution is -2.40. The molecule has 0 radical (unpaired) electrons. The second-order valence-corrected chi connectivity index (χ2v) is 1.79. The van der Waals surface area contributed by atoms with E-state index in [0.29, 0.717) is 0 Å². The summed E-state index contributed by atoms with van der Waals surface area (Å²) in [6.45, 7) is 0. The maximum Gasteiger partial charge on any atom is 0.333 e. The van der Waals surface area contributed by atoms with Crippen LogP contribution in [0.3, 0.4) is 0 Å². The van der Waals surface area contributed by atoms with Crippen molar-refractivity contribution in [1.29, 1.82) is 0 Å². The fourth-order valence-electron chi connectivity index (χ4n) is 0.315. The topological polar surface area (TPSA) is 49.6 Å². The molecule has 0 aliphatic carbocycles. The van der Waals surface area contributed by atoms with Crippen molar-refractivity contribution in [2.75, 3.05) is 21.1 Å². The predicted octanol–water partition coefficient (Wildman–Crippen LogP) is -0.526. The highest BCUT2D eigenvalue weighted by Gasteiger charge is 2.03. The van der Waals surface area contributed by atoms with Crippen molar-refractivity contribution >= 4 is 6.03 Å². The molecule has 0 atom stereocenters. The highest BCUT2D eigenvalue weighted by Crippen LogP contribution is 1.80. The number of hydrazine groups is 1. The number of carbonyl (C=O) groups excluding carboxylic acids is 1. The number of amides is 2. The van der Waals surface area contributed by atoms with Crippen LogP contribution in [-0.2, 0) is 0 Å². The molecule has 2 amide bonds. The number of nitrogens with zero attached hydrogens (tertiary/aromatic N) is 2. The quantitative estimate of drug-likeness (QED) is 0.263. The van der Waals surface area contributed by atoms with E-state index in [9.17, 15) is 4.79 Å². The maximum absolute atomic E-state index is 10.6. The lowest BCUT2D eigenvalue weighted by Gasteiger charge is -2.15. The Balaban J connectivity index is 3.65. The van der Waals surface area contributed by atoms with Gasteiger partial charge in [-0.3, -0.25) is 5.01 Å². The van der Waals surface area contributed by atoms with E-state index in [0.717, 1.165) is 5.01 Å². The van der Waals surface area contributed by atoms with Crippen LogP contribution >= 0.6 is 0 Å². The summed E-state index contributed by atoms with van der Waals surface area (Å²) < 4.78 is 0. The third-order valence-corrected chi connectivity index (χ3v) is 0.684. The molecule has 0 aromatic rings. The van der Waals surface area contributed by atoms with E-state index < -0.39 is 0 Å². The molecule has 4 heteroatoms. The zero-order valence-corrected chi connectivity index (χ0v) is 5.38. The van der Waals surface area contributed by atoms with Gasteiger partial charge in [-0.05, 0) is 0 Å². The molecule has 0 aliphatic heterocycles. The normalized spacial score (nSPS) is 8.50. The van der Waals surface area contributed by atoms with Crippen LogP contribution in [0.5, 0.6) is 0 Å². The van der Waals surface area contributed by atoms with E-state index >= 15 is 0 Å². The summed E-state index contributed by atoms with van der Waals surface area (Å²) in [5.74, 6) is 5.08. The van der Waals surface area contributed by atoms with Gasteiger partial charge in [0.25, 0.3) is 0 Å². The molecule has 4 nitrogen and oxygen atoms in total. The second-order valence-electron chi connectivity index (χ2n) is 1.79. The number of urea groups is 1. The Morgan fingerprint density at radius 2 is 1.75 bits per heavy atom. The molecule has 2 N–H and O–H groups in total. The highest BCUT2D eigenvalue weighted by atomic mass is 16.2. The van der Waals surface area contributed by atoms with Crippen molar-refractivity contribution in [2.45, 2.75) is 0 Å². The van der Waals surface area contributed by atoms with Crippen LogP contribution in [0.15, 0.2) is 0 Å². The minimum absolute atomic E-state index is 0.204. The van der Waals surface area contributed by atoms with Gasteiger partial charge in [0, 0.05) is 21.1 Å². The molecule has 0 saturated carbocycles. The first-order valence-corrected chi connectivity index (χ1v) is 2.25. The molecule has 0 aromatic carbocycles. The lowest BCUT2D eigenvalue weighted by atomic mass is 10.8. The number of hydrogen-bond donors (Lipinski definition) is 1. The van der Waals surface area contributed by atoms with Crippen LogP contribution in [0.4, 0.5) is 4.79 Å². The van der Waals surface area contributed by atoms with Crippen LogP contribution in [-0.4, -0.2) is 37.1 Å². The Bertz CT molecular complexity index is 79.3. The number of nitrogens with two attached hydrogens (primary N) is 1. The summed E-state index contributed by atoms with van der Waals surface area (Å²) in [4.78, 5) is 12.0. The molecular formula is C4H11N3O. The van der Waals surface area contributed by atoms with Gasteiger partial charge < -0.3 is 4.90 Å². The fraction of sp³-hybridized carbons (Fsp3) is 0.750. The average Bonchev–Trinajstić information content (AvgIpc) is 1.64. The molecule has 0 rings (SSSR count). The Kier molecular flexibility index (Phi) is 2.27. The minimum atomic E-state index is -0.204. The molecule has 0 spiro atoms. The van der Waals surface area contributed by atoms with Crippen LogP contribution < -0.4 is 5.84 Å². The molecule has 0 bridgehead atoms. The zero-order chi connectivity index (χ0) is 6.73. The molecule has 48 valence electrons. The Morgan fingerprint density at radius 3 is 1.75 bits per heavy atom.